The van der Waals surface area contributed by atoms with E-state index >= 15 is 0 Å². The molecule has 19 heavy (non-hydrogen) atoms. The van der Waals surface area contributed by atoms with Gasteiger partial charge in [-0.3, -0.25) is 4.68 Å². The minimum Gasteiger partial charge on any atom is -0.332 e. The number of aromatic nitrogens is 7. The monoisotopic (exact) mass is 260 g/mol. The van der Waals surface area contributed by atoms with Gasteiger partial charge in [0.2, 0.25) is 5.82 Å². The van der Waals surface area contributed by atoms with E-state index in [1.807, 2.05) is 7.05 Å². The Bertz CT molecular complexity index is 681. The lowest BCUT2D eigenvalue weighted by molar-refractivity contribution is 0.430. The first-order chi connectivity index (χ1) is 9.28. The van der Waals surface area contributed by atoms with E-state index in [-0.39, 0.29) is 0 Å². The highest BCUT2D eigenvalue weighted by Crippen LogP contribution is 2.19. The summed E-state index contributed by atoms with van der Waals surface area (Å²) < 4.78 is 8.61. The van der Waals surface area contributed by atoms with Crippen molar-refractivity contribution >= 4 is 0 Å². The van der Waals surface area contributed by atoms with Gasteiger partial charge < -0.3 is 14.8 Å². The van der Waals surface area contributed by atoms with E-state index in [4.69, 9.17) is 10.3 Å². The fraction of sp³-hybridized carbons (Fsp3) is 0.300. The molecule has 3 aromatic rings. The third-order valence-electron chi connectivity index (χ3n) is 2.59. The molecule has 0 aromatic carbocycles. The van der Waals surface area contributed by atoms with Crippen molar-refractivity contribution in [2.75, 3.05) is 6.54 Å². The zero-order chi connectivity index (χ0) is 13.2. The molecule has 0 aliphatic heterocycles. The second-order valence-electron chi connectivity index (χ2n) is 3.97. The third-order valence-corrected chi connectivity index (χ3v) is 2.59. The van der Waals surface area contributed by atoms with Crippen LogP contribution in [0.2, 0.25) is 0 Å². The average molecular weight is 260 g/mol. The van der Waals surface area contributed by atoms with E-state index in [1.165, 1.54) is 0 Å². The molecule has 0 spiro atoms. The van der Waals surface area contributed by atoms with Crippen molar-refractivity contribution in [1.82, 2.24) is 34.7 Å². The molecule has 0 fully saturated rings. The molecule has 0 radical (unpaired) electrons. The number of nitrogens with two attached hydrogens (primary N) is 1. The second-order valence-corrected chi connectivity index (χ2v) is 3.97. The van der Waals surface area contributed by atoms with Crippen molar-refractivity contribution in [3.63, 3.8) is 0 Å². The zero-order valence-electron chi connectivity index (χ0n) is 10.3. The molecule has 3 aromatic heterocycles. The zero-order valence-corrected chi connectivity index (χ0v) is 10.3. The van der Waals surface area contributed by atoms with Crippen LogP contribution in [0, 0.1) is 0 Å². The maximum atomic E-state index is 5.44. The molecule has 0 bridgehead atoms. The molecule has 0 aliphatic rings. The average Bonchev–Trinajstić information content (AvgIpc) is 3.08. The summed E-state index contributed by atoms with van der Waals surface area (Å²) in [6.45, 7) is 1.09. The lowest BCUT2D eigenvalue weighted by Crippen LogP contribution is -2.10. The van der Waals surface area contributed by atoms with Crippen LogP contribution in [-0.2, 0) is 13.6 Å². The Kier molecular flexibility index (Phi) is 2.80. The van der Waals surface area contributed by atoms with Gasteiger partial charge in [-0.2, -0.15) is 4.98 Å². The van der Waals surface area contributed by atoms with Crippen LogP contribution in [0.5, 0.6) is 0 Å². The van der Waals surface area contributed by atoms with Crippen molar-refractivity contribution < 1.29 is 4.52 Å². The van der Waals surface area contributed by atoms with E-state index in [2.05, 4.69) is 25.4 Å². The first-order valence-electron chi connectivity index (χ1n) is 5.69. The third kappa shape index (κ3) is 2.10. The summed E-state index contributed by atoms with van der Waals surface area (Å²) in [5.41, 5.74) is 6.73. The molecule has 9 nitrogen and oxygen atoms in total. The molecule has 0 aliphatic carbocycles. The van der Waals surface area contributed by atoms with Crippen LogP contribution in [0.3, 0.4) is 0 Å². The van der Waals surface area contributed by atoms with E-state index in [0.29, 0.717) is 30.5 Å². The molecule has 0 atom stereocenters. The van der Waals surface area contributed by atoms with E-state index in [9.17, 15) is 0 Å². The molecular weight excluding hydrogens is 248 g/mol. The summed E-state index contributed by atoms with van der Waals surface area (Å²) in [7, 11) is 1.86. The standard InChI is InChI=1S/C10H12N8O/c1-17-6-12-4-8(17)9-13-10(19-15-9)7-5-18(3-2-11)16-14-7/h4-6H,2-3,11H2,1H3. The number of hydrogen-bond donors (Lipinski definition) is 1. The summed E-state index contributed by atoms with van der Waals surface area (Å²) in [4.78, 5) is 8.28. The predicted octanol–water partition coefficient (Wildman–Crippen LogP) is -0.313. The Labute approximate surface area is 108 Å². The van der Waals surface area contributed by atoms with Crippen molar-refractivity contribution in [2.24, 2.45) is 12.8 Å². The smallest absolute Gasteiger partial charge is 0.280 e. The van der Waals surface area contributed by atoms with Crippen molar-refractivity contribution in [3.05, 3.63) is 18.7 Å². The van der Waals surface area contributed by atoms with Gasteiger partial charge >= 0.3 is 0 Å². The Hall–Kier alpha value is -2.55. The van der Waals surface area contributed by atoms with Gasteiger partial charge in [0.15, 0.2) is 5.69 Å². The number of aryl methyl sites for hydroxylation is 1. The Morgan fingerprint density at radius 1 is 1.42 bits per heavy atom. The van der Waals surface area contributed by atoms with Crippen LogP contribution in [0.15, 0.2) is 23.2 Å². The fourth-order valence-electron chi connectivity index (χ4n) is 1.64. The molecule has 0 unspecified atom stereocenters. The first kappa shape index (κ1) is 11.5. The van der Waals surface area contributed by atoms with Gasteiger partial charge in [0.05, 0.1) is 25.3 Å². The Balaban J connectivity index is 1.90. The lowest BCUT2D eigenvalue weighted by Gasteiger charge is -1.92. The highest BCUT2D eigenvalue weighted by Gasteiger charge is 2.15. The van der Waals surface area contributed by atoms with Crippen LogP contribution in [0.1, 0.15) is 0 Å². The fourth-order valence-corrected chi connectivity index (χ4v) is 1.64. The highest BCUT2D eigenvalue weighted by atomic mass is 16.5. The number of imidazole rings is 1. The molecule has 98 valence electrons. The van der Waals surface area contributed by atoms with Crippen LogP contribution >= 0.6 is 0 Å². The normalized spacial score (nSPS) is 11.1. The summed E-state index contributed by atoms with van der Waals surface area (Å²) in [6, 6.07) is 0. The molecule has 0 amide bonds. The van der Waals surface area contributed by atoms with Gasteiger partial charge in [-0.25, -0.2) is 4.98 Å². The molecule has 9 heteroatoms. The largest absolute Gasteiger partial charge is 0.332 e. The van der Waals surface area contributed by atoms with Crippen LogP contribution < -0.4 is 5.73 Å². The van der Waals surface area contributed by atoms with Gasteiger partial charge in [-0.05, 0) is 0 Å². The summed E-state index contributed by atoms with van der Waals surface area (Å²) in [6.07, 6.45) is 5.05. The highest BCUT2D eigenvalue weighted by molar-refractivity contribution is 5.52. The number of hydrogen-bond acceptors (Lipinski definition) is 7. The maximum Gasteiger partial charge on any atom is 0.280 e. The summed E-state index contributed by atoms with van der Waals surface area (Å²) in [5, 5.41) is 11.8. The molecule has 0 saturated carbocycles. The Morgan fingerprint density at radius 3 is 3.05 bits per heavy atom. The minimum atomic E-state index is 0.319. The lowest BCUT2D eigenvalue weighted by atomic mass is 10.4. The molecule has 2 N–H and O–H groups in total. The quantitative estimate of drug-likeness (QED) is 0.684. The first-order valence-corrected chi connectivity index (χ1v) is 5.69. The van der Waals surface area contributed by atoms with Gasteiger partial charge in [-0.1, -0.05) is 10.4 Å². The minimum absolute atomic E-state index is 0.319. The van der Waals surface area contributed by atoms with Gasteiger partial charge in [0.1, 0.15) is 5.69 Å². The number of rotatable bonds is 4. The van der Waals surface area contributed by atoms with Gasteiger partial charge in [0.25, 0.3) is 5.89 Å². The molecular formula is C10H12N8O. The van der Waals surface area contributed by atoms with Crippen LogP contribution in [-0.4, -0.2) is 41.2 Å². The molecule has 0 saturated heterocycles. The molecule has 3 rings (SSSR count). The van der Waals surface area contributed by atoms with E-state index < -0.39 is 0 Å². The Morgan fingerprint density at radius 2 is 2.32 bits per heavy atom. The van der Waals surface area contributed by atoms with Crippen molar-refractivity contribution in [3.8, 4) is 23.1 Å². The van der Waals surface area contributed by atoms with Crippen LogP contribution in [0.4, 0.5) is 0 Å². The topological polar surface area (TPSA) is 113 Å². The number of nitrogens with zero attached hydrogens (tertiary/aromatic N) is 7. The van der Waals surface area contributed by atoms with Crippen LogP contribution in [0.25, 0.3) is 23.1 Å². The second kappa shape index (κ2) is 4.61. The van der Waals surface area contributed by atoms with Crippen molar-refractivity contribution in [2.45, 2.75) is 6.54 Å². The van der Waals surface area contributed by atoms with Crippen molar-refractivity contribution in [1.29, 1.82) is 0 Å². The summed E-state index contributed by atoms with van der Waals surface area (Å²) >= 11 is 0. The maximum absolute atomic E-state index is 5.44. The summed E-state index contributed by atoms with van der Waals surface area (Å²) in [5.74, 6) is 0.780. The van der Waals surface area contributed by atoms with Gasteiger partial charge in [-0.15, -0.1) is 5.10 Å². The SMILES string of the molecule is Cn1cncc1-c1noc(-c2cn(CCN)nn2)n1. The van der Waals surface area contributed by atoms with Gasteiger partial charge in [0, 0.05) is 13.6 Å². The predicted molar refractivity (Wildman–Crippen MR) is 64.6 cm³/mol. The molecule has 3 heterocycles. The van der Waals surface area contributed by atoms with E-state index in [0.717, 1.165) is 5.69 Å². The van der Waals surface area contributed by atoms with E-state index in [1.54, 1.807) is 28.0 Å².